The van der Waals surface area contributed by atoms with Gasteiger partial charge in [-0.2, -0.15) is 0 Å². The Morgan fingerprint density at radius 3 is 3.06 bits per heavy atom. The minimum atomic E-state index is -0.195. The molecule has 0 aliphatic rings. The number of amides is 1. The van der Waals surface area contributed by atoms with Crippen LogP contribution in [0.1, 0.15) is 5.69 Å². The van der Waals surface area contributed by atoms with E-state index in [0.29, 0.717) is 15.4 Å². The van der Waals surface area contributed by atoms with Crippen molar-refractivity contribution in [1.29, 1.82) is 0 Å². The highest BCUT2D eigenvalue weighted by Crippen LogP contribution is 2.23. The molecular formula is C9H10N6OS2. The van der Waals surface area contributed by atoms with Gasteiger partial charge in [0.2, 0.25) is 17.0 Å². The van der Waals surface area contributed by atoms with E-state index in [1.165, 1.54) is 23.1 Å². The maximum absolute atomic E-state index is 11.6. The van der Waals surface area contributed by atoms with E-state index in [9.17, 15) is 4.79 Å². The van der Waals surface area contributed by atoms with Crippen LogP contribution >= 0.6 is 23.1 Å². The number of hydrogen-bond donors (Lipinski definition) is 2. The molecule has 7 nitrogen and oxygen atoms in total. The zero-order valence-corrected chi connectivity index (χ0v) is 11.1. The first-order chi connectivity index (χ1) is 8.63. The van der Waals surface area contributed by atoms with Gasteiger partial charge >= 0.3 is 0 Å². The van der Waals surface area contributed by atoms with Crippen molar-refractivity contribution in [3.05, 3.63) is 18.0 Å². The normalized spacial score (nSPS) is 10.3. The molecular weight excluding hydrogens is 272 g/mol. The monoisotopic (exact) mass is 282 g/mol. The highest BCUT2D eigenvalue weighted by atomic mass is 32.2. The third kappa shape index (κ3) is 3.64. The van der Waals surface area contributed by atoms with E-state index in [2.05, 4.69) is 25.5 Å². The van der Waals surface area contributed by atoms with E-state index in [1.54, 1.807) is 12.3 Å². The molecule has 0 aromatic carbocycles. The molecule has 0 spiro atoms. The second kappa shape index (κ2) is 5.74. The minimum Gasteiger partial charge on any atom is -0.374 e. The van der Waals surface area contributed by atoms with Crippen molar-refractivity contribution in [3.63, 3.8) is 0 Å². The maximum atomic E-state index is 11.6. The van der Waals surface area contributed by atoms with E-state index >= 15 is 0 Å². The van der Waals surface area contributed by atoms with Gasteiger partial charge in [0.15, 0.2) is 4.34 Å². The van der Waals surface area contributed by atoms with Crippen molar-refractivity contribution in [2.45, 2.75) is 11.3 Å². The second-order valence-electron chi connectivity index (χ2n) is 3.26. The van der Waals surface area contributed by atoms with Gasteiger partial charge in [-0.05, 0) is 13.0 Å². The predicted molar refractivity (Wildman–Crippen MR) is 70.4 cm³/mol. The van der Waals surface area contributed by atoms with E-state index in [0.717, 1.165) is 5.69 Å². The number of nitrogens with one attached hydrogen (secondary N) is 1. The molecule has 0 saturated heterocycles. The summed E-state index contributed by atoms with van der Waals surface area (Å²) >= 11 is 2.52. The molecule has 2 aromatic rings. The lowest BCUT2D eigenvalue weighted by Gasteiger charge is -2.02. The number of carbonyl (C=O) groups is 1. The van der Waals surface area contributed by atoms with Gasteiger partial charge in [-0.1, -0.05) is 23.1 Å². The first-order valence-electron chi connectivity index (χ1n) is 4.95. The highest BCUT2D eigenvalue weighted by Gasteiger charge is 2.08. The Morgan fingerprint density at radius 1 is 1.56 bits per heavy atom. The molecule has 9 heteroatoms. The van der Waals surface area contributed by atoms with Crippen LogP contribution in [0.15, 0.2) is 16.6 Å². The first-order valence-corrected chi connectivity index (χ1v) is 6.75. The molecule has 0 saturated carbocycles. The molecule has 18 heavy (non-hydrogen) atoms. The number of nitrogens with zero attached hydrogens (tertiary/aromatic N) is 4. The van der Waals surface area contributed by atoms with Gasteiger partial charge in [-0.15, -0.1) is 10.2 Å². The number of aromatic nitrogens is 4. The van der Waals surface area contributed by atoms with E-state index in [4.69, 9.17) is 5.73 Å². The molecule has 0 aliphatic carbocycles. The van der Waals surface area contributed by atoms with Crippen LogP contribution in [0.3, 0.4) is 0 Å². The summed E-state index contributed by atoms with van der Waals surface area (Å²) < 4.78 is 0.660. The van der Waals surface area contributed by atoms with Crippen LogP contribution in [0.4, 0.5) is 11.1 Å². The molecule has 0 fully saturated rings. The van der Waals surface area contributed by atoms with Gasteiger partial charge in [-0.25, -0.2) is 9.97 Å². The van der Waals surface area contributed by atoms with Crippen molar-refractivity contribution in [1.82, 2.24) is 20.2 Å². The number of nitrogens with two attached hydrogens (primary N) is 1. The fourth-order valence-electron chi connectivity index (χ4n) is 1.08. The number of rotatable bonds is 4. The van der Waals surface area contributed by atoms with Crippen LogP contribution in [0.5, 0.6) is 0 Å². The number of carbonyl (C=O) groups excluding carboxylic acids is 1. The lowest BCUT2D eigenvalue weighted by Crippen LogP contribution is -2.16. The van der Waals surface area contributed by atoms with Crippen molar-refractivity contribution in [2.24, 2.45) is 0 Å². The molecule has 0 radical (unpaired) electrons. The maximum Gasteiger partial charge on any atom is 0.237 e. The van der Waals surface area contributed by atoms with Gasteiger partial charge in [0.1, 0.15) is 0 Å². The third-order valence-corrected chi connectivity index (χ3v) is 3.68. The summed E-state index contributed by atoms with van der Waals surface area (Å²) in [5.41, 5.74) is 6.23. The molecule has 0 aliphatic heterocycles. The van der Waals surface area contributed by atoms with Crippen LogP contribution in [0, 0.1) is 6.92 Å². The molecule has 94 valence electrons. The van der Waals surface area contributed by atoms with Crippen LogP contribution in [0.2, 0.25) is 0 Å². The molecule has 0 atom stereocenters. The molecule has 2 heterocycles. The van der Waals surface area contributed by atoms with Crippen molar-refractivity contribution < 1.29 is 4.79 Å². The summed E-state index contributed by atoms with van der Waals surface area (Å²) in [6.45, 7) is 1.83. The average molecular weight is 282 g/mol. The fraction of sp³-hybridized carbons (Fsp3) is 0.222. The highest BCUT2D eigenvalue weighted by molar-refractivity contribution is 8.01. The van der Waals surface area contributed by atoms with Crippen LogP contribution < -0.4 is 11.1 Å². The van der Waals surface area contributed by atoms with Crippen molar-refractivity contribution >= 4 is 40.1 Å². The quantitative estimate of drug-likeness (QED) is 0.804. The Morgan fingerprint density at radius 2 is 2.39 bits per heavy atom. The number of anilines is 2. The Kier molecular flexibility index (Phi) is 4.05. The Balaban J connectivity index is 1.85. The molecule has 0 unspecified atom stereocenters. The fourth-order valence-corrected chi connectivity index (χ4v) is 2.51. The second-order valence-corrected chi connectivity index (χ2v) is 5.50. The van der Waals surface area contributed by atoms with E-state index in [1.807, 2.05) is 6.92 Å². The van der Waals surface area contributed by atoms with Crippen LogP contribution in [-0.4, -0.2) is 31.8 Å². The van der Waals surface area contributed by atoms with Gasteiger partial charge < -0.3 is 5.73 Å². The van der Waals surface area contributed by atoms with Crippen LogP contribution in [-0.2, 0) is 4.79 Å². The number of hydrogen-bond acceptors (Lipinski definition) is 8. The molecule has 2 aromatic heterocycles. The lowest BCUT2D eigenvalue weighted by atomic mass is 10.5. The zero-order chi connectivity index (χ0) is 13.0. The summed E-state index contributed by atoms with van der Waals surface area (Å²) in [6, 6.07) is 1.76. The molecule has 2 rings (SSSR count). The molecule has 3 N–H and O–H groups in total. The van der Waals surface area contributed by atoms with Gasteiger partial charge in [0.05, 0.1) is 5.75 Å². The van der Waals surface area contributed by atoms with E-state index in [-0.39, 0.29) is 11.7 Å². The minimum absolute atomic E-state index is 0.195. The standard InChI is InChI=1S/C9H10N6OS2/c1-5-2-3-11-8(12-5)13-6(16)4-17-9-15-14-7(10)18-9/h2-3H,4H2,1H3,(H2,10,14)(H,11,12,13,16). The number of aryl methyl sites for hydroxylation is 1. The Bertz CT molecular complexity index is 557. The van der Waals surface area contributed by atoms with Crippen LogP contribution in [0.25, 0.3) is 0 Å². The molecule has 1 amide bonds. The van der Waals surface area contributed by atoms with Gasteiger partial charge in [-0.3, -0.25) is 10.1 Å². The van der Waals surface area contributed by atoms with Crippen molar-refractivity contribution in [3.8, 4) is 0 Å². The van der Waals surface area contributed by atoms with E-state index < -0.39 is 0 Å². The summed E-state index contributed by atoms with van der Waals surface area (Å²) in [5.74, 6) is 0.322. The van der Waals surface area contributed by atoms with Gasteiger partial charge in [0, 0.05) is 11.9 Å². The van der Waals surface area contributed by atoms with Crippen molar-refractivity contribution in [2.75, 3.05) is 16.8 Å². The molecule has 0 bridgehead atoms. The summed E-state index contributed by atoms with van der Waals surface area (Å²) in [4.78, 5) is 19.6. The summed E-state index contributed by atoms with van der Waals surface area (Å²) in [5, 5.41) is 10.5. The zero-order valence-electron chi connectivity index (χ0n) is 9.45. The number of nitrogen functional groups attached to an aromatic ring is 1. The SMILES string of the molecule is Cc1ccnc(NC(=O)CSc2nnc(N)s2)n1. The summed E-state index contributed by atoms with van der Waals surface area (Å²) in [6.07, 6.45) is 1.59. The Labute approximate surface area is 111 Å². The largest absolute Gasteiger partial charge is 0.374 e. The first kappa shape index (κ1) is 12.7. The summed E-state index contributed by atoms with van der Waals surface area (Å²) in [7, 11) is 0. The average Bonchev–Trinajstić information content (AvgIpc) is 2.73. The number of thioether (sulfide) groups is 1. The smallest absolute Gasteiger partial charge is 0.237 e. The topological polar surface area (TPSA) is 107 Å². The van der Waals surface area contributed by atoms with Gasteiger partial charge in [0.25, 0.3) is 0 Å². The Hall–Kier alpha value is -1.74. The predicted octanol–water partition coefficient (Wildman–Crippen LogP) is 0.950. The third-order valence-electron chi connectivity index (χ3n) is 1.79. The lowest BCUT2D eigenvalue weighted by molar-refractivity contribution is -0.113.